The highest BCUT2D eigenvalue weighted by Crippen LogP contribution is 2.42. The second kappa shape index (κ2) is 27.7. The summed E-state index contributed by atoms with van der Waals surface area (Å²) in [6.45, 7) is 9.06. The molecule has 0 spiro atoms. The van der Waals surface area contributed by atoms with Crippen molar-refractivity contribution in [2.45, 2.75) is 174 Å². The summed E-state index contributed by atoms with van der Waals surface area (Å²) in [5.41, 5.74) is -0.852. The number of carbonyl (C=O) groups excluding carboxylic acids is 3. The lowest BCUT2D eigenvalue weighted by atomic mass is 10.1. The Bertz CT molecular complexity index is 1470. The number of unbranched alkanes of at least 4 members (excludes halogenated alkanes) is 11. The summed E-state index contributed by atoms with van der Waals surface area (Å²) in [7, 11) is -1.94. The van der Waals surface area contributed by atoms with E-state index in [0.29, 0.717) is 6.42 Å². The molecule has 332 valence electrons. The van der Waals surface area contributed by atoms with Crippen LogP contribution in [0.4, 0.5) is 5.82 Å². The van der Waals surface area contributed by atoms with Gasteiger partial charge in [0.1, 0.15) is 36.2 Å². The molecule has 1 amide bonds. The molecule has 1 aliphatic heterocycles. The van der Waals surface area contributed by atoms with Gasteiger partial charge in [0, 0.05) is 12.6 Å². The molecular weight excluding hydrogens is 769 g/mol. The molecule has 1 aliphatic rings. The summed E-state index contributed by atoms with van der Waals surface area (Å²) in [6, 6.07) is -0.810. The van der Waals surface area contributed by atoms with Crippen molar-refractivity contribution in [2.75, 3.05) is 26.1 Å². The summed E-state index contributed by atoms with van der Waals surface area (Å²) in [5.74, 6) is -1.72. The van der Waals surface area contributed by atoms with Gasteiger partial charge in [-0.25, -0.2) is 15.0 Å². The molecule has 0 bridgehead atoms. The lowest BCUT2D eigenvalue weighted by Gasteiger charge is -2.30. The van der Waals surface area contributed by atoms with Crippen LogP contribution in [-0.2, 0) is 37.7 Å². The molecule has 16 nitrogen and oxygen atoms in total. The maximum atomic E-state index is 14.4. The minimum Gasteiger partial charge on any atom is -0.468 e. The number of carbonyl (C=O) groups is 3. The van der Waals surface area contributed by atoms with Gasteiger partial charge in [-0.1, -0.05) is 98.1 Å². The summed E-state index contributed by atoms with van der Waals surface area (Å²) >= 11 is 0. The molecule has 0 aliphatic carbocycles. The number of amides is 1. The van der Waals surface area contributed by atoms with E-state index in [4.69, 9.17) is 18.7 Å². The highest BCUT2D eigenvalue weighted by atomic mass is 31.2. The van der Waals surface area contributed by atoms with Gasteiger partial charge in [0.2, 0.25) is 5.91 Å². The number of ether oxygens (including phenoxy) is 3. The molecule has 1 aromatic heterocycles. The molecule has 0 radical (unpaired) electrons. The lowest BCUT2D eigenvalue weighted by molar-refractivity contribution is -0.143. The van der Waals surface area contributed by atoms with E-state index in [2.05, 4.69) is 39.6 Å². The number of esters is 2. The monoisotopic (exact) mass is 841 g/mol. The fourth-order valence-corrected chi connectivity index (χ4v) is 8.49. The van der Waals surface area contributed by atoms with Crippen LogP contribution in [0.5, 0.6) is 0 Å². The fourth-order valence-electron chi connectivity index (χ4n) is 6.67. The third-order valence-corrected chi connectivity index (χ3v) is 11.6. The number of anilines is 1. The van der Waals surface area contributed by atoms with Gasteiger partial charge in [-0.15, -0.1) is 0 Å². The van der Waals surface area contributed by atoms with E-state index < -0.39 is 68.5 Å². The molecule has 1 unspecified atom stereocenters. The molecule has 2 heterocycles. The Hall–Kier alpha value is -2.98. The van der Waals surface area contributed by atoms with Crippen LogP contribution in [0.1, 0.15) is 144 Å². The van der Waals surface area contributed by atoms with Crippen LogP contribution >= 0.6 is 7.67 Å². The Balaban J connectivity index is 1.95. The van der Waals surface area contributed by atoms with Gasteiger partial charge >= 0.3 is 25.3 Å². The summed E-state index contributed by atoms with van der Waals surface area (Å²) in [5, 5.41) is 29.8. The molecule has 1 fully saturated rings. The van der Waals surface area contributed by atoms with Crippen molar-refractivity contribution < 1.29 is 47.9 Å². The highest BCUT2D eigenvalue weighted by Gasteiger charge is 2.46. The number of hydrogen-bond acceptors (Lipinski definition) is 12. The Kier molecular flexibility index (Phi) is 24.4. The van der Waals surface area contributed by atoms with Crippen molar-refractivity contribution in [2.24, 2.45) is 11.8 Å². The molecule has 6 atom stereocenters. The number of aliphatic hydroxyl groups is 2. The van der Waals surface area contributed by atoms with E-state index in [0.717, 1.165) is 43.1 Å². The second-order valence-electron chi connectivity index (χ2n) is 15.9. The molecule has 17 heteroatoms. The molecular formula is C41H72N5O11P. The zero-order valence-corrected chi connectivity index (χ0v) is 36.8. The van der Waals surface area contributed by atoms with E-state index >= 15 is 0 Å². The van der Waals surface area contributed by atoms with E-state index in [1.54, 1.807) is 0 Å². The van der Waals surface area contributed by atoms with Gasteiger partial charge < -0.3 is 34.3 Å². The molecule has 58 heavy (non-hydrogen) atoms. The largest absolute Gasteiger partial charge is 0.468 e. The van der Waals surface area contributed by atoms with Gasteiger partial charge in [0.25, 0.3) is 0 Å². The number of nitrogens with zero attached hydrogens (tertiary/aromatic N) is 2. The molecule has 1 saturated heterocycles. The Labute approximate surface area is 345 Å². The average molecular weight is 842 g/mol. The van der Waals surface area contributed by atoms with E-state index in [1.807, 2.05) is 27.7 Å². The van der Waals surface area contributed by atoms with Crippen molar-refractivity contribution >= 4 is 31.3 Å². The van der Waals surface area contributed by atoms with E-state index in [1.165, 1.54) is 65.0 Å². The Morgan fingerprint density at radius 1 is 0.845 bits per heavy atom. The minimum atomic E-state index is -4.32. The first-order chi connectivity index (χ1) is 27.6. The maximum Gasteiger partial charge on any atom is 0.351 e. The molecule has 0 aromatic carbocycles. The number of methoxy groups -OCH3 is 2. The lowest BCUT2D eigenvalue weighted by Crippen LogP contribution is -2.46. The van der Waals surface area contributed by atoms with Gasteiger partial charge in [-0.3, -0.25) is 23.5 Å². The zero-order chi connectivity index (χ0) is 43.1. The predicted molar refractivity (Wildman–Crippen MR) is 223 cm³/mol. The Morgan fingerprint density at radius 2 is 1.36 bits per heavy atom. The van der Waals surface area contributed by atoms with E-state index in [-0.39, 0.29) is 42.8 Å². The van der Waals surface area contributed by atoms with Crippen molar-refractivity contribution in [3.63, 3.8) is 0 Å². The number of aliphatic hydroxyl groups excluding tert-OH is 2. The number of nitrogens with one attached hydrogen (secondary N) is 3. The van der Waals surface area contributed by atoms with Crippen LogP contribution in [0, 0.1) is 11.8 Å². The molecule has 0 saturated carbocycles. The smallest absolute Gasteiger partial charge is 0.351 e. The van der Waals surface area contributed by atoms with Crippen LogP contribution in [-0.4, -0.2) is 88.8 Å². The SMILES string of the molecule is CCCCCCCC/C=C/CCCCCCCC(=O)Nc1ccn([C@@H]2O[C@H](COP(=O)(N[C@@H](CC(C)C)C(=O)OC)N[C@@H](CC(C)C)C(=O)OC)[C@H](O)C2O)c(=O)n1. The van der Waals surface area contributed by atoms with Gasteiger partial charge in [0.15, 0.2) is 6.23 Å². The van der Waals surface area contributed by atoms with Crippen molar-refractivity contribution in [3.05, 3.63) is 34.9 Å². The fraction of sp³-hybridized carbons (Fsp3) is 0.780. The van der Waals surface area contributed by atoms with Crippen LogP contribution < -0.4 is 21.2 Å². The standard InChI is InChI=1S/C41H72N5O11P/c1-8-9-10-11-12-13-14-15-16-17-18-19-20-21-22-23-35(47)42-34-24-25-46(41(52)43-34)38-37(49)36(48)33(57-38)28-56-58(53,44-31(26-29(2)3)39(50)54-6)45-32(27-30(4)5)40(51)55-7/h15-16,24-25,29-33,36-38,48-49H,8-14,17-23,26-28H2,1-7H3,(H2,44,45,53)(H,42,43,47,52)/b16-15+/t31-,32-,33+,36-,37?,38+/m0/s1. The minimum absolute atomic E-state index is 0.0309. The second-order valence-corrected chi connectivity index (χ2v) is 17.8. The molecule has 5 N–H and O–H groups in total. The van der Waals surface area contributed by atoms with Crippen LogP contribution in [0.15, 0.2) is 29.2 Å². The topological polar surface area (TPSA) is 217 Å². The first kappa shape index (κ1) is 51.2. The number of allylic oxidation sites excluding steroid dienone is 2. The highest BCUT2D eigenvalue weighted by molar-refractivity contribution is 7.54. The summed E-state index contributed by atoms with van der Waals surface area (Å²) in [4.78, 5) is 54.8. The first-order valence-electron chi connectivity index (χ1n) is 21.2. The third kappa shape index (κ3) is 18.9. The first-order valence-corrected chi connectivity index (χ1v) is 22.8. The average Bonchev–Trinajstić information content (AvgIpc) is 3.45. The number of rotatable bonds is 30. The summed E-state index contributed by atoms with van der Waals surface area (Å²) < 4.78 is 36.8. The van der Waals surface area contributed by atoms with Crippen molar-refractivity contribution in [1.82, 2.24) is 19.7 Å². The van der Waals surface area contributed by atoms with Crippen LogP contribution in [0.25, 0.3) is 0 Å². The van der Waals surface area contributed by atoms with Crippen molar-refractivity contribution in [3.8, 4) is 0 Å². The third-order valence-electron chi connectivity index (χ3n) is 9.83. The zero-order valence-electron chi connectivity index (χ0n) is 35.9. The number of hydrogen-bond donors (Lipinski definition) is 5. The maximum absolute atomic E-state index is 14.4. The van der Waals surface area contributed by atoms with E-state index in [9.17, 15) is 34.0 Å². The van der Waals surface area contributed by atoms with Crippen molar-refractivity contribution in [1.29, 1.82) is 0 Å². The Morgan fingerprint density at radius 3 is 1.86 bits per heavy atom. The van der Waals surface area contributed by atoms with Gasteiger partial charge in [-0.05, 0) is 62.8 Å². The van der Waals surface area contributed by atoms with Gasteiger partial charge in [-0.2, -0.15) is 4.98 Å². The molecule has 1 aromatic rings. The van der Waals surface area contributed by atoms with Crippen LogP contribution in [0.2, 0.25) is 0 Å². The normalized spacial score (nSPS) is 19.5. The van der Waals surface area contributed by atoms with Gasteiger partial charge in [0.05, 0.1) is 20.8 Å². The number of aromatic nitrogens is 2. The summed E-state index contributed by atoms with van der Waals surface area (Å²) in [6.07, 6.45) is 15.6. The quantitative estimate of drug-likeness (QED) is 0.0248. The molecule has 2 rings (SSSR count). The van der Waals surface area contributed by atoms with Crippen LogP contribution in [0.3, 0.4) is 0 Å². The predicted octanol–water partition coefficient (Wildman–Crippen LogP) is 6.32.